The van der Waals surface area contributed by atoms with Crippen molar-refractivity contribution in [1.82, 2.24) is 14.0 Å². The van der Waals surface area contributed by atoms with E-state index < -0.39 is 0 Å². The van der Waals surface area contributed by atoms with Crippen LogP contribution in [0, 0.1) is 5.92 Å². The predicted octanol–water partition coefficient (Wildman–Crippen LogP) is -1.75. The summed E-state index contributed by atoms with van der Waals surface area (Å²) in [7, 11) is 1.74. The Bertz CT molecular complexity index is 753. The molecule has 1 aromatic rings. The highest BCUT2D eigenvalue weighted by atomic mass is 16.2. The maximum atomic E-state index is 12.3. The van der Waals surface area contributed by atoms with Crippen molar-refractivity contribution in [3.63, 3.8) is 0 Å². The summed E-state index contributed by atoms with van der Waals surface area (Å²) >= 11 is 0. The smallest absolute Gasteiger partial charge is 0.316 e. The van der Waals surface area contributed by atoms with Crippen LogP contribution in [0.15, 0.2) is 4.79 Å². The monoisotopic (exact) mass is 261 g/mol. The minimum absolute atomic E-state index is 0.0303. The second-order valence-corrected chi connectivity index (χ2v) is 5.13. The Balaban J connectivity index is 2.47. The van der Waals surface area contributed by atoms with Crippen molar-refractivity contribution in [3.05, 3.63) is 21.2 Å². The molecule has 1 atom stereocenters. The van der Waals surface area contributed by atoms with Crippen molar-refractivity contribution < 1.29 is 9.59 Å². The Kier molecular flexibility index (Phi) is 2.48. The van der Waals surface area contributed by atoms with Crippen LogP contribution in [0.2, 0.25) is 0 Å². The van der Waals surface area contributed by atoms with E-state index in [4.69, 9.17) is 0 Å². The number of carbonyl (C=O) groups is 2. The molecule has 1 aliphatic heterocycles. The Morgan fingerprint density at radius 2 is 2.16 bits per heavy atom. The number of nitrogens with zero attached hydrogens (tertiary/aromatic N) is 3. The van der Waals surface area contributed by atoms with Gasteiger partial charge in [0.25, 0.3) is 0 Å². The lowest BCUT2D eigenvalue weighted by molar-refractivity contribution is -0.128. The van der Waals surface area contributed by atoms with Crippen molar-refractivity contribution in [3.8, 4) is 0 Å². The van der Waals surface area contributed by atoms with Crippen molar-refractivity contribution in [2.75, 3.05) is 7.05 Å². The second-order valence-electron chi connectivity index (χ2n) is 5.13. The Morgan fingerprint density at radius 1 is 1.42 bits per heavy atom. The number of hydrogen-bond acceptors (Lipinski definition) is 3. The van der Waals surface area contributed by atoms with Gasteiger partial charge < -0.3 is 9.69 Å². The number of imidazole rings is 1. The van der Waals surface area contributed by atoms with Crippen LogP contribution < -0.4 is 16.4 Å². The van der Waals surface area contributed by atoms with Crippen LogP contribution in [0.25, 0.3) is 11.8 Å². The minimum Gasteiger partial charge on any atom is -0.316 e. The number of aldehydes is 1. The first-order chi connectivity index (χ1) is 9.04. The van der Waals surface area contributed by atoms with Gasteiger partial charge in [-0.25, -0.2) is 4.79 Å². The molecule has 1 amide bonds. The van der Waals surface area contributed by atoms with Gasteiger partial charge in [0.05, 0.1) is 17.2 Å². The molecule has 0 aromatic carbocycles. The topological polar surface area (TPSA) is 64.3 Å². The summed E-state index contributed by atoms with van der Waals surface area (Å²) in [6.07, 6.45) is 3.45. The fourth-order valence-corrected chi connectivity index (χ4v) is 2.90. The molecule has 1 unspecified atom stereocenters. The van der Waals surface area contributed by atoms with E-state index in [0.29, 0.717) is 6.29 Å². The van der Waals surface area contributed by atoms with E-state index in [1.165, 1.54) is 9.13 Å². The molecule has 0 bridgehead atoms. The highest BCUT2D eigenvalue weighted by molar-refractivity contribution is 5.84. The van der Waals surface area contributed by atoms with Gasteiger partial charge in [-0.1, -0.05) is 13.0 Å². The summed E-state index contributed by atoms with van der Waals surface area (Å²) in [6.45, 7) is 2.12. The van der Waals surface area contributed by atoms with E-state index in [1.54, 1.807) is 11.9 Å². The minimum atomic E-state index is -0.276. The lowest BCUT2D eigenvalue weighted by atomic mass is 9.99. The SMILES string of the molecule is CC1C=c2c3n(c(=O)n2CC=O)CC(=O)N(C)C=3C1. The molecule has 6 nitrogen and oxygen atoms in total. The van der Waals surface area contributed by atoms with E-state index >= 15 is 0 Å². The zero-order chi connectivity index (χ0) is 13.7. The average Bonchev–Trinajstić information content (AvgIpc) is 2.62. The molecule has 100 valence electrons. The third kappa shape index (κ3) is 1.52. The van der Waals surface area contributed by atoms with Crippen LogP contribution in [0.1, 0.15) is 13.3 Å². The van der Waals surface area contributed by atoms with Gasteiger partial charge in [-0.3, -0.25) is 13.9 Å². The third-order valence-corrected chi connectivity index (χ3v) is 3.83. The zero-order valence-corrected chi connectivity index (χ0v) is 10.9. The molecule has 3 rings (SSSR count). The van der Waals surface area contributed by atoms with Crippen LogP contribution in [0.3, 0.4) is 0 Å². The van der Waals surface area contributed by atoms with Crippen LogP contribution in [-0.4, -0.2) is 33.3 Å². The number of rotatable bonds is 2. The van der Waals surface area contributed by atoms with Crippen LogP contribution in [-0.2, 0) is 22.7 Å². The molecular formula is C13H15N3O3. The lowest BCUT2D eigenvalue weighted by Crippen LogP contribution is -2.50. The lowest BCUT2D eigenvalue weighted by Gasteiger charge is -2.28. The molecule has 1 aliphatic carbocycles. The Hall–Kier alpha value is -2.11. The molecule has 0 saturated carbocycles. The van der Waals surface area contributed by atoms with Gasteiger partial charge in [-0.05, 0) is 12.3 Å². The summed E-state index contributed by atoms with van der Waals surface area (Å²) in [5, 5.41) is 1.57. The van der Waals surface area contributed by atoms with E-state index in [2.05, 4.69) is 0 Å². The predicted molar refractivity (Wildman–Crippen MR) is 68.4 cm³/mol. The molecule has 1 aromatic heterocycles. The molecule has 0 spiro atoms. The summed E-state index contributed by atoms with van der Waals surface area (Å²) in [5.41, 5.74) is 0.601. The van der Waals surface area contributed by atoms with Crippen molar-refractivity contribution >= 4 is 24.0 Å². The Morgan fingerprint density at radius 3 is 2.84 bits per heavy atom. The summed E-state index contributed by atoms with van der Waals surface area (Å²) in [6, 6.07) is 0. The van der Waals surface area contributed by atoms with Crippen LogP contribution >= 0.6 is 0 Å². The fourth-order valence-electron chi connectivity index (χ4n) is 2.90. The summed E-state index contributed by atoms with van der Waals surface area (Å²) in [4.78, 5) is 36.6. The van der Waals surface area contributed by atoms with Gasteiger partial charge in [0, 0.05) is 12.7 Å². The maximum Gasteiger partial charge on any atom is 0.330 e. The van der Waals surface area contributed by atoms with Gasteiger partial charge in [0.1, 0.15) is 12.8 Å². The van der Waals surface area contributed by atoms with Crippen molar-refractivity contribution in [2.24, 2.45) is 5.92 Å². The first-order valence-corrected chi connectivity index (χ1v) is 6.29. The Labute approximate surface area is 109 Å². The maximum absolute atomic E-state index is 12.3. The summed E-state index contributed by atoms with van der Waals surface area (Å²) < 4.78 is 2.93. The summed E-state index contributed by atoms with van der Waals surface area (Å²) in [5.74, 6) is 0.150. The molecular weight excluding hydrogens is 246 g/mol. The molecule has 0 saturated heterocycles. The van der Waals surface area contributed by atoms with Crippen LogP contribution in [0.5, 0.6) is 0 Å². The van der Waals surface area contributed by atoms with Gasteiger partial charge in [-0.2, -0.15) is 0 Å². The van der Waals surface area contributed by atoms with E-state index in [-0.39, 0.29) is 30.6 Å². The van der Waals surface area contributed by atoms with Gasteiger partial charge in [-0.15, -0.1) is 0 Å². The molecule has 0 radical (unpaired) electrons. The van der Waals surface area contributed by atoms with E-state index in [0.717, 1.165) is 22.8 Å². The average molecular weight is 261 g/mol. The van der Waals surface area contributed by atoms with Gasteiger partial charge in [0.2, 0.25) is 5.91 Å². The third-order valence-electron chi connectivity index (χ3n) is 3.83. The van der Waals surface area contributed by atoms with Gasteiger partial charge >= 0.3 is 5.69 Å². The number of hydrogen-bond donors (Lipinski definition) is 0. The molecule has 0 N–H and O–H groups in total. The van der Waals surface area contributed by atoms with Crippen molar-refractivity contribution in [1.29, 1.82) is 0 Å². The largest absolute Gasteiger partial charge is 0.330 e. The highest BCUT2D eigenvalue weighted by Crippen LogP contribution is 2.19. The second kappa shape index (κ2) is 3.94. The molecule has 2 aliphatic rings. The molecule has 19 heavy (non-hydrogen) atoms. The first kappa shape index (κ1) is 12.0. The fraction of sp³-hybridized carbons (Fsp3) is 0.462. The quantitative estimate of drug-likeness (QED) is 0.593. The zero-order valence-electron chi connectivity index (χ0n) is 10.9. The number of carbonyl (C=O) groups excluding carboxylic acids is 2. The number of likely N-dealkylation sites (N-methyl/N-ethyl adjacent to an activating group) is 1. The van der Waals surface area contributed by atoms with Gasteiger partial charge in [0.15, 0.2) is 0 Å². The normalized spacial score (nSPS) is 21.2. The highest BCUT2D eigenvalue weighted by Gasteiger charge is 2.29. The number of aromatic nitrogens is 2. The number of amides is 1. The van der Waals surface area contributed by atoms with Crippen molar-refractivity contribution in [2.45, 2.75) is 26.4 Å². The molecule has 2 heterocycles. The van der Waals surface area contributed by atoms with E-state index in [1.807, 2.05) is 13.0 Å². The molecule has 6 heteroatoms. The standard InChI is InChI=1S/C13H15N3O3/c1-8-5-9-12-10(6-8)15(3-4-17)13(19)16(12)7-11(18)14(9)2/h4,6,8H,3,5,7H2,1-2H3. The first-order valence-electron chi connectivity index (χ1n) is 6.29. The molecule has 0 fully saturated rings. The van der Waals surface area contributed by atoms with E-state index in [9.17, 15) is 14.4 Å². The van der Waals surface area contributed by atoms with Crippen LogP contribution in [0.4, 0.5) is 0 Å².